The van der Waals surface area contributed by atoms with Crippen LogP contribution < -0.4 is 11.5 Å². The molecule has 0 saturated heterocycles. The van der Waals surface area contributed by atoms with Crippen molar-refractivity contribution in [2.75, 3.05) is 0 Å². The van der Waals surface area contributed by atoms with E-state index in [-0.39, 0.29) is 12.2 Å². The Morgan fingerprint density at radius 3 is 1.70 bits per heavy atom. The number of carbonyl (C=O) groups excluding carboxylic acids is 2. The molecule has 0 unspecified atom stereocenters. The average Bonchev–Trinajstić information content (AvgIpc) is 2.56. The third-order valence-corrected chi connectivity index (χ3v) is 3.61. The first-order valence-electron chi connectivity index (χ1n) is 7.38. The SMILES string of the molecule is N[C@@H](Cc1ccccc1)C(=O)C(=O)[C@@H](N)Cc1ccc(O)cc1. The third kappa shape index (κ3) is 4.74. The Hall–Kier alpha value is -2.50. The molecule has 23 heavy (non-hydrogen) atoms. The first-order valence-corrected chi connectivity index (χ1v) is 7.38. The highest BCUT2D eigenvalue weighted by atomic mass is 16.3. The second kappa shape index (κ2) is 7.67. The molecule has 120 valence electrons. The number of hydrogen-bond donors (Lipinski definition) is 3. The number of phenolic OH excluding ortho intramolecular Hbond substituents is 1. The highest BCUT2D eigenvalue weighted by Gasteiger charge is 2.27. The molecule has 0 bridgehead atoms. The van der Waals surface area contributed by atoms with E-state index in [1.54, 1.807) is 12.1 Å². The minimum atomic E-state index is -0.936. The molecular weight excluding hydrogens is 292 g/mol. The first-order chi connectivity index (χ1) is 11.0. The van der Waals surface area contributed by atoms with Gasteiger partial charge in [-0.25, -0.2) is 0 Å². The van der Waals surface area contributed by atoms with Gasteiger partial charge in [-0.2, -0.15) is 0 Å². The second-order valence-corrected chi connectivity index (χ2v) is 5.50. The summed E-state index contributed by atoms with van der Waals surface area (Å²) in [6.07, 6.45) is 0.528. The molecule has 0 amide bonds. The largest absolute Gasteiger partial charge is 0.508 e. The standard InChI is InChI=1S/C18H20N2O3/c19-15(10-12-4-2-1-3-5-12)17(22)18(23)16(20)11-13-6-8-14(21)9-7-13/h1-9,15-16,21H,10-11,19-20H2/t15-,16-/m0/s1. The molecule has 0 aliphatic carbocycles. The van der Waals surface area contributed by atoms with Crippen LogP contribution in [0.15, 0.2) is 54.6 Å². The number of hydrogen-bond acceptors (Lipinski definition) is 5. The number of benzene rings is 2. The van der Waals surface area contributed by atoms with Gasteiger partial charge >= 0.3 is 0 Å². The second-order valence-electron chi connectivity index (χ2n) is 5.50. The van der Waals surface area contributed by atoms with Crippen LogP contribution in [0.25, 0.3) is 0 Å². The van der Waals surface area contributed by atoms with E-state index in [0.29, 0.717) is 6.42 Å². The molecule has 5 heteroatoms. The van der Waals surface area contributed by atoms with Gasteiger partial charge in [0.1, 0.15) is 5.75 Å². The Kier molecular flexibility index (Phi) is 5.62. The van der Waals surface area contributed by atoms with Gasteiger partial charge in [-0.15, -0.1) is 0 Å². The molecule has 0 aliphatic rings. The monoisotopic (exact) mass is 312 g/mol. The summed E-state index contributed by atoms with van der Waals surface area (Å²) in [5.74, 6) is -1.18. The first kappa shape index (κ1) is 16.9. The number of carbonyl (C=O) groups is 2. The van der Waals surface area contributed by atoms with Crippen molar-refractivity contribution in [3.8, 4) is 5.75 Å². The van der Waals surface area contributed by atoms with Crippen molar-refractivity contribution in [1.82, 2.24) is 0 Å². The maximum Gasteiger partial charge on any atom is 0.217 e. The molecular formula is C18H20N2O3. The number of ketones is 2. The van der Waals surface area contributed by atoms with Gasteiger partial charge in [0.25, 0.3) is 0 Å². The molecule has 5 N–H and O–H groups in total. The number of phenols is 1. The van der Waals surface area contributed by atoms with Crippen molar-refractivity contribution in [2.45, 2.75) is 24.9 Å². The molecule has 0 fully saturated rings. The zero-order chi connectivity index (χ0) is 16.8. The normalized spacial score (nSPS) is 13.3. The van der Waals surface area contributed by atoms with Crippen LogP contribution in [-0.4, -0.2) is 28.8 Å². The molecule has 2 atom stereocenters. The molecule has 0 radical (unpaired) electrons. The molecule has 0 heterocycles. The van der Waals surface area contributed by atoms with E-state index in [1.807, 2.05) is 30.3 Å². The molecule has 2 rings (SSSR count). The summed E-state index contributed by atoms with van der Waals surface area (Å²) in [7, 11) is 0. The predicted octanol–water partition coefficient (Wildman–Crippen LogP) is 0.970. The minimum Gasteiger partial charge on any atom is -0.508 e. The third-order valence-electron chi connectivity index (χ3n) is 3.61. The summed E-state index contributed by atoms with van der Waals surface area (Å²) in [4.78, 5) is 24.3. The molecule has 0 aliphatic heterocycles. The van der Waals surface area contributed by atoms with Gasteiger partial charge in [0.05, 0.1) is 12.1 Å². The van der Waals surface area contributed by atoms with Crippen molar-refractivity contribution in [3.63, 3.8) is 0 Å². The molecule has 0 spiro atoms. The predicted molar refractivity (Wildman–Crippen MR) is 87.9 cm³/mol. The average molecular weight is 312 g/mol. The Balaban J connectivity index is 1.95. The van der Waals surface area contributed by atoms with E-state index in [9.17, 15) is 14.7 Å². The molecule has 0 aromatic heterocycles. The fraction of sp³-hybridized carbons (Fsp3) is 0.222. The Morgan fingerprint density at radius 1 is 0.783 bits per heavy atom. The Morgan fingerprint density at radius 2 is 1.22 bits per heavy atom. The van der Waals surface area contributed by atoms with Crippen molar-refractivity contribution in [2.24, 2.45) is 11.5 Å². The summed E-state index contributed by atoms with van der Waals surface area (Å²) in [6, 6.07) is 13.8. The van der Waals surface area contributed by atoms with Crippen molar-refractivity contribution < 1.29 is 14.7 Å². The van der Waals surface area contributed by atoms with E-state index >= 15 is 0 Å². The summed E-state index contributed by atoms with van der Waals surface area (Å²) in [5.41, 5.74) is 13.3. The maximum atomic E-state index is 12.1. The highest BCUT2D eigenvalue weighted by Crippen LogP contribution is 2.11. The van der Waals surface area contributed by atoms with Crippen LogP contribution >= 0.6 is 0 Å². The van der Waals surface area contributed by atoms with E-state index < -0.39 is 23.7 Å². The van der Waals surface area contributed by atoms with Gasteiger partial charge in [0.2, 0.25) is 11.6 Å². The molecule has 2 aromatic carbocycles. The fourth-order valence-electron chi connectivity index (χ4n) is 2.30. The number of rotatable bonds is 7. The quantitative estimate of drug-likeness (QED) is 0.661. The van der Waals surface area contributed by atoms with Crippen LogP contribution in [0, 0.1) is 0 Å². The van der Waals surface area contributed by atoms with Crippen LogP contribution in [0.3, 0.4) is 0 Å². The number of aromatic hydroxyl groups is 1. The van der Waals surface area contributed by atoms with Crippen LogP contribution in [-0.2, 0) is 22.4 Å². The van der Waals surface area contributed by atoms with Crippen LogP contribution in [0.1, 0.15) is 11.1 Å². The zero-order valence-corrected chi connectivity index (χ0v) is 12.7. The van der Waals surface area contributed by atoms with Crippen molar-refractivity contribution in [1.29, 1.82) is 0 Å². The van der Waals surface area contributed by atoms with E-state index in [4.69, 9.17) is 11.5 Å². The van der Waals surface area contributed by atoms with Gasteiger partial charge in [-0.05, 0) is 36.1 Å². The lowest BCUT2D eigenvalue weighted by Crippen LogP contribution is -2.46. The molecule has 5 nitrogen and oxygen atoms in total. The van der Waals surface area contributed by atoms with Gasteiger partial charge in [-0.3, -0.25) is 9.59 Å². The smallest absolute Gasteiger partial charge is 0.217 e. The lowest BCUT2D eigenvalue weighted by molar-refractivity contribution is -0.138. The zero-order valence-electron chi connectivity index (χ0n) is 12.7. The summed E-state index contributed by atoms with van der Waals surface area (Å²) < 4.78 is 0. The van der Waals surface area contributed by atoms with Crippen LogP contribution in [0.2, 0.25) is 0 Å². The van der Waals surface area contributed by atoms with Gasteiger partial charge in [0.15, 0.2) is 0 Å². The summed E-state index contributed by atoms with van der Waals surface area (Å²) in [6.45, 7) is 0. The van der Waals surface area contributed by atoms with Gasteiger partial charge < -0.3 is 16.6 Å². The van der Waals surface area contributed by atoms with E-state index in [0.717, 1.165) is 11.1 Å². The highest BCUT2D eigenvalue weighted by molar-refractivity contribution is 6.41. The van der Waals surface area contributed by atoms with Gasteiger partial charge in [0, 0.05) is 0 Å². The van der Waals surface area contributed by atoms with E-state index in [1.165, 1.54) is 12.1 Å². The van der Waals surface area contributed by atoms with Crippen molar-refractivity contribution in [3.05, 3.63) is 65.7 Å². The lowest BCUT2D eigenvalue weighted by atomic mass is 9.95. The Labute approximate surface area is 134 Å². The fourth-order valence-corrected chi connectivity index (χ4v) is 2.30. The number of nitrogens with two attached hydrogens (primary N) is 2. The maximum absolute atomic E-state index is 12.1. The van der Waals surface area contributed by atoms with E-state index in [2.05, 4.69) is 0 Å². The lowest BCUT2D eigenvalue weighted by Gasteiger charge is -2.14. The van der Waals surface area contributed by atoms with Crippen LogP contribution in [0.4, 0.5) is 0 Å². The minimum absolute atomic E-state index is 0.134. The topological polar surface area (TPSA) is 106 Å². The summed E-state index contributed by atoms with van der Waals surface area (Å²) >= 11 is 0. The number of Topliss-reactive ketones (excluding diaryl/α,β-unsaturated/α-hetero) is 2. The van der Waals surface area contributed by atoms with Gasteiger partial charge in [-0.1, -0.05) is 42.5 Å². The molecule has 2 aromatic rings. The van der Waals surface area contributed by atoms with Crippen LogP contribution in [0.5, 0.6) is 5.75 Å². The Bertz CT molecular complexity index is 668. The molecule has 0 saturated carbocycles. The summed E-state index contributed by atoms with van der Waals surface area (Å²) in [5, 5.41) is 9.23. The van der Waals surface area contributed by atoms with Crippen molar-refractivity contribution >= 4 is 11.6 Å².